The van der Waals surface area contributed by atoms with Gasteiger partial charge in [0.25, 0.3) is 5.91 Å². The average molecular weight is 524 g/mol. The number of hydrogen-bond acceptors (Lipinski definition) is 5. The van der Waals surface area contributed by atoms with Crippen LogP contribution in [-0.4, -0.2) is 17.1 Å². The van der Waals surface area contributed by atoms with E-state index in [1.807, 2.05) is 31.2 Å². The topological polar surface area (TPSA) is 82.0 Å². The van der Waals surface area contributed by atoms with Gasteiger partial charge in [0.15, 0.2) is 0 Å². The van der Waals surface area contributed by atoms with Crippen LogP contribution in [0, 0.1) is 17.2 Å². The van der Waals surface area contributed by atoms with Gasteiger partial charge in [-0.15, -0.1) is 23.1 Å². The number of hydrogen-bond donors (Lipinski definition) is 2. The molecule has 0 aliphatic heterocycles. The standard InChI is InChI=1S/C27H26ClN3O2S2/c1-3-23(26(33)31-27-22(15-29)21-11-10-16(2)12-24(21)35-27)34-20-9-5-8-19(14-20)30-25(32)17-6-4-7-18(28)13-17/h4-9,13-14,16,23H,3,10-12H2,1-2H3,(H,30,32)(H,31,33). The van der Waals surface area contributed by atoms with Gasteiger partial charge in [0.2, 0.25) is 5.91 Å². The quantitative estimate of drug-likeness (QED) is 0.322. The van der Waals surface area contributed by atoms with Crippen molar-refractivity contribution in [3.05, 3.63) is 75.1 Å². The van der Waals surface area contributed by atoms with Crippen LogP contribution in [0.2, 0.25) is 5.02 Å². The lowest BCUT2D eigenvalue weighted by Crippen LogP contribution is -2.24. The molecular formula is C27H26ClN3O2S2. The Balaban J connectivity index is 1.45. The second-order valence-corrected chi connectivity index (χ2v) is 11.5. The van der Waals surface area contributed by atoms with Crippen LogP contribution in [0.15, 0.2) is 53.4 Å². The first kappa shape index (κ1) is 25.3. The van der Waals surface area contributed by atoms with Crippen molar-refractivity contribution in [3.63, 3.8) is 0 Å². The summed E-state index contributed by atoms with van der Waals surface area (Å²) >= 11 is 8.98. The Hall–Kier alpha value is -2.79. The Labute approximate surface area is 218 Å². The summed E-state index contributed by atoms with van der Waals surface area (Å²) in [6.07, 6.45) is 3.55. The molecule has 2 atom stereocenters. The molecule has 0 fully saturated rings. The molecule has 2 amide bonds. The number of carbonyl (C=O) groups is 2. The van der Waals surface area contributed by atoms with E-state index in [0.717, 1.165) is 29.7 Å². The van der Waals surface area contributed by atoms with Gasteiger partial charge in [-0.05, 0) is 73.6 Å². The fourth-order valence-electron chi connectivity index (χ4n) is 4.12. The summed E-state index contributed by atoms with van der Waals surface area (Å²) < 4.78 is 0. The van der Waals surface area contributed by atoms with E-state index in [1.54, 1.807) is 35.6 Å². The van der Waals surface area contributed by atoms with Gasteiger partial charge in [-0.25, -0.2) is 0 Å². The first-order chi connectivity index (χ1) is 16.9. The maximum Gasteiger partial charge on any atom is 0.255 e. The van der Waals surface area contributed by atoms with Crippen molar-refractivity contribution in [2.45, 2.75) is 49.7 Å². The van der Waals surface area contributed by atoms with Gasteiger partial charge < -0.3 is 10.6 Å². The van der Waals surface area contributed by atoms with Crippen LogP contribution in [-0.2, 0) is 17.6 Å². The molecule has 180 valence electrons. The minimum absolute atomic E-state index is 0.117. The SMILES string of the molecule is CCC(Sc1cccc(NC(=O)c2cccc(Cl)c2)c1)C(=O)Nc1sc2c(c1C#N)CCC(C)C2. The van der Waals surface area contributed by atoms with E-state index in [2.05, 4.69) is 23.6 Å². The Morgan fingerprint density at radius 1 is 1.23 bits per heavy atom. The zero-order valence-electron chi connectivity index (χ0n) is 19.6. The minimum atomic E-state index is -0.335. The third-order valence-electron chi connectivity index (χ3n) is 5.98. The number of benzene rings is 2. The molecule has 0 bridgehead atoms. The van der Waals surface area contributed by atoms with Crippen LogP contribution in [0.5, 0.6) is 0 Å². The Morgan fingerprint density at radius 3 is 2.77 bits per heavy atom. The predicted octanol–water partition coefficient (Wildman–Crippen LogP) is 7.16. The molecule has 35 heavy (non-hydrogen) atoms. The number of nitrogens with one attached hydrogen (secondary N) is 2. The van der Waals surface area contributed by atoms with Crippen molar-refractivity contribution in [2.75, 3.05) is 10.6 Å². The number of halogens is 1. The fraction of sp³-hybridized carbons (Fsp3) is 0.296. The van der Waals surface area contributed by atoms with Crippen molar-refractivity contribution >= 4 is 57.2 Å². The molecular weight excluding hydrogens is 498 g/mol. The lowest BCUT2D eigenvalue weighted by atomic mass is 9.88. The van der Waals surface area contributed by atoms with E-state index in [1.165, 1.54) is 16.6 Å². The highest BCUT2D eigenvalue weighted by Gasteiger charge is 2.26. The van der Waals surface area contributed by atoms with Gasteiger partial charge in [-0.2, -0.15) is 5.26 Å². The number of nitriles is 1. The minimum Gasteiger partial charge on any atom is -0.322 e. The van der Waals surface area contributed by atoms with E-state index in [9.17, 15) is 14.9 Å². The molecule has 5 nitrogen and oxygen atoms in total. The van der Waals surface area contributed by atoms with Gasteiger partial charge in [0.1, 0.15) is 11.1 Å². The zero-order chi connectivity index (χ0) is 24.9. The van der Waals surface area contributed by atoms with Gasteiger partial charge in [0.05, 0.1) is 10.8 Å². The van der Waals surface area contributed by atoms with E-state index in [4.69, 9.17) is 11.6 Å². The summed E-state index contributed by atoms with van der Waals surface area (Å²) in [7, 11) is 0. The van der Waals surface area contributed by atoms with Crippen LogP contribution >= 0.6 is 34.7 Å². The second-order valence-electron chi connectivity index (χ2n) is 8.66. The van der Waals surface area contributed by atoms with Crippen molar-refractivity contribution in [3.8, 4) is 6.07 Å². The molecule has 0 spiro atoms. The number of amides is 2. The zero-order valence-corrected chi connectivity index (χ0v) is 21.9. The highest BCUT2D eigenvalue weighted by atomic mass is 35.5. The lowest BCUT2D eigenvalue weighted by Gasteiger charge is -2.17. The molecule has 1 heterocycles. The first-order valence-corrected chi connectivity index (χ1v) is 13.6. The maximum absolute atomic E-state index is 13.2. The molecule has 3 aromatic rings. The van der Waals surface area contributed by atoms with E-state index < -0.39 is 0 Å². The number of rotatable bonds is 7. The molecule has 0 saturated carbocycles. The monoisotopic (exact) mass is 523 g/mol. The van der Waals surface area contributed by atoms with Crippen LogP contribution in [0.3, 0.4) is 0 Å². The number of thiophene rings is 1. The number of fused-ring (bicyclic) bond motifs is 1. The summed E-state index contributed by atoms with van der Waals surface area (Å²) in [6.45, 7) is 4.19. The third kappa shape index (κ3) is 6.07. The van der Waals surface area contributed by atoms with Crippen molar-refractivity contribution in [2.24, 2.45) is 5.92 Å². The van der Waals surface area contributed by atoms with Crippen LogP contribution in [0.25, 0.3) is 0 Å². The molecule has 1 aromatic heterocycles. The van der Waals surface area contributed by atoms with Crippen molar-refractivity contribution < 1.29 is 9.59 Å². The second kappa shape index (κ2) is 11.3. The molecule has 2 N–H and O–H groups in total. The van der Waals surface area contributed by atoms with E-state index >= 15 is 0 Å². The van der Waals surface area contributed by atoms with Crippen LogP contribution in [0.4, 0.5) is 10.7 Å². The smallest absolute Gasteiger partial charge is 0.255 e. The van der Waals surface area contributed by atoms with E-state index in [0.29, 0.717) is 39.2 Å². The summed E-state index contributed by atoms with van der Waals surface area (Å²) in [5.74, 6) is 0.232. The third-order valence-corrected chi connectivity index (χ3v) is 8.74. The van der Waals surface area contributed by atoms with Gasteiger partial charge in [0, 0.05) is 26.0 Å². The molecule has 8 heteroatoms. The summed E-state index contributed by atoms with van der Waals surface area (Å²) in [6, 6.07) is 16.5. The molecule has 1 aliphatic rings. The highest BCUT2D eigenvalue weighted by Crippen LogP contribution is 2.40. The normalized spacial score (nSPS) is 15.5. The molecule has 4 rings (SSSR count). The number of carbonyl (C=O) groups excluding carboxylic acids is 2. The molecule has 1 aliphatic carbocycles. The number of nitrogens with zero attached hydrogens (tertiary/aromatic N) is 1. The molecule has 0 radical (unpaired) electrons. The Morgan fingerprint density at radius 2 is 2.03 bits per heavy atom. The van der Waals surface area contributed by atoms with Crippen molar-refractivity contribution in [1.29, 1.82) is 5.26 Å². The van der Waals surface area contributed by atoms with Gasteiger partial charge >= 0.3 is 0 Å². The number of thioether (sulfide) groups is 1. The first-order valence-electron chi connectivity index (χ1n) is 11.6. The highest BCUT2D eigenvalue weighted by molar-refractivity contribution is 8.00. The maximum atomic E-state index is 13.2. The summed E-state index contributed by atoms with van der Waals surface area (Å²) in [4.78, 5) is 27.8. The summed E-state index contributed by atoms with van der Waals surface area (Å²) in [5.41, 5.74) is 2.84. The predicted molar refractivity (Wildman–Crippen MR) is 145 cm³/mol. The molecule has 2 aromatic carbocycles. The largest absolute Gasteiger partial charge is 0.322 e. The molecule has 0 saturated heterocycles. The summed E-state index contributed by atoms with van der Waals surface area (Å²) in [5, 5.41) is 16.5. The van der Waals surface area contributed by atoms with Crippen molar-refractivity contribution in [1.82, 2.24) is 0 Å². The average Bonchev–Trinajstić information content (AvgIpc) is 3.18. The van der Waals surface area contributed by atoms with E-state index in [-0.39, 0.29) is 17.1 Å². The van der Waals surface area contributed by atoms with Gasteiger partial charge in [-0.1, -0.05) is 37.6 Å². The number of anilines is 2. The van der Waals surface area contributed by atoms with Gasteiger partial charge in [-0.3, -0.25) is 9.59 Å². The lowest BCUT2D eigenvalue weighted by molar-refractivity contribution is -0.115. The van der Waals surface area contributed by atoms with Crippen LogP contribution in [0.1, 0.15) is 53.1 Å². The Kier molecular flexibility index (Phi) is 8.17. The van der Waals surface area contributed by atoms with Crippen LogP contribution < -0.4 is 10.6 Å². The Bertz CT molecular complexity index is 1300. The fourth-order valence-corrected chi connectivity index (χ4v) is 6.68. The molecule has 2 unspecified atom stereocenters.